The Morgan fingerprint density at radius 3 is 2.51 bits per heavy atom. The van der Waals surface area contributed by atoms with E-state index in [9.17, 15) is 14.9 Å². The number of piperidine rings is 1. The van der Waals surface area contributed by atoms with Gasteiger partial charge in [0.15, 0.2) is 11.2 Å². The molecule has 226 valence electrons. The van der Waals surface area contributed by atoms with Gasteiger partial charge in [-0.25, -0.2) is 19.4 Å². The Hall–Kier alpha value is -5.01. The van der Waals surface area contributed by atoms with Crippen LogP contribution in [0.15, 0.2) is 48.9 Å². The lowest BCUT2D eigenvalue weighted by Gasteiger charge is -2.40. The van der Waals surface area contributed by atoms with Crippen molar-refractivity contribution in [3.8, 4) is 17.4 Å². The van der Waals surface area contributed by atoms with Gasteiger partial charge < -0.3 is 24.4 Å². The van der Waals surface area contributed by atoms with Gasteiger partial charge in [-0.05, 0) is 58.2 Å². The number of alkyl carbamates (subject to hydrolysis) is 1. The van der Waals surface area contributed by atoms with E-state index in [1.165, 1.54) is 18.5 Å². The zero-order valence-corrected chi connectivity index (χ0v) is 24.7. The molecule has 4 heterocycles. The van der Waals surface area contributed by atoms with Crippen LogP contribution in [0.4, 0.5) is 16.3 Å². The molecule has 1 fully saturated rings. The Kier molecular flexibility index (Phi) is 8.02. The molecule has 0 aliphatic carbocycles. The molecule has 1 amide bonds. The number of nitrogens with one attached hydrogen (secondary N) is 1. The van der Waals surface area contributed by atoms with Gasteiger partial charge in [0, 0.05) is 30.9 Å². The Morgan fingerprint density at radius 1 is 1.14 bits per heavy atom. The summed E-state index contributed by atoms with van der Waals surface area (Å²) in [6.07, 6.45) is 5.14. The molecule has 3 aromatic heterocycles. The van der Waals surface area contributed by atoms with Crippen LogP contribution < -0.4 is 19.7 Å². The van der Waals surface area contributed by atoms with E-state index in [-0.39, 0.29) is 17.3 Å². The van der Waals surface area contributed by atoms with Gasteiger partial charge in [0.05, 0.1) is 31.0 Å². The van der Waals surface area contributed by atoms with Gasteiger partial charge in [-0.15, -0.1) is 5.10 Å². The van der Waals surface area contributed by atoms with Gasteiger partial charge in [0.1, 0.15) is 17.2 Å². The van der Waals surface area contributed by atoms with E-state index in [1.54, 1.807) is 18.0 Å². The third kappa shape index (κ3) is 6.90. The molecule has 14 nitrogen and oxygen atoms in total. The summed E-state index contributed by atoms with van der Waals surface area (Å²) in [6, 6.07) is 8.80. The molecule has 5 rings (SSSR count). The normalized spacial score (nSPS) is 14.8. The van der Waals surface area contributed by atoms with Crippen LogP contribution >= 0.6 is 0 Å². The first-order valence-corrected chi connectivity index (χ1v) is 13.8. The third-order valence-corrected chi connectivity index (χ3v) is 7.05. The molecular weight excluding hydrogens is 556 g/mol. The standard InChI is InChI=1S/C29H34N8O6/c1-28(2,3)43-27(38)33-29(4)11-14-35(15-12-29)23-17-31-24-25(32-23)36(18-19-6-8-20(41-5)9-7-19)34-26(24)42-22-16-30-13-10-21(22)37(39)40/h6-10,13,16-17H,11-12,14-15,18H2,1-5H3,(H,33,38). The van der Waals surface area contributed by atoms with Crippen molar-refractivity contribution in [1.29, 1.82) is 0 Å². The first-order valence-electron chi connectivity index (χ1n) is 13.8. The van der Waals surface area contributed by atoms with E-state index in [0.29, 0.717) is 49.5 Å². The summed E-state index contributed by atoms with van der Waals surface area (Å²) in [5.74, 6) is 1.39. The van der Waals surface area contributed by atoms with Crippen LogP contribution in [0.2, 0.25) is 0 Å². The minimum absolute atomic E-state index is 0.0535. The highest BCUT2D eigenvalue weighted by molar-refractivity contribution is 5.78. The van der Waals surface area contributed by atoms with Crippen LogP contribution in [0.1, 0.15) is 46.1 Å². The molecule has 0 atom stereocenters. The fourth-order valence-electron chi connectivity index (χ4n) is 4.75. The Balaban J connectivity index is 1.42. The first-order chi connectivity index (χ1) is 20.4. The molecular formula is C29H34N8O6. The SMILES string of the molecule is COc1ccc(Cn2nc(Oc3cnccc3[N+](=O)[O-])c3ncc(N4CCC(C)(NC(=O)OC(C)(C)C)CC4)nc32)cc1. The number of ether oxygens (including phenoxy) is 3. The maximum Gasteiger partial charge on any atom is 0.408 e. The van der Waals surface area contributed by atoms with Gasteiger partial charge in [-0.3, -0.25) is 15.1 Å². The van der Waals surface area contributed by atoms with E-state index >= 15 is 0 Å². The van der Waals surface area contributed by atoms with Crippen LogP contribution in [-0.2, 0) is 11.3 Å². The van der Waals surface area contributed by atoms with Gasteiger partial charge in [0.25, 0.3) is 5.88 Å². The molecule has 1 saturated heterocycles. The highest BCUT2D eigenvalue weighted by Crippen LogP contribution is 2.34. The summed E-state index contributed by atoms with van der Waals surface area (Å²) in [7, 11) is 1.60. The molecule has 1 N–H and O–H groups in total. The number of pyridine rings is 1. The molecule has 1 aliphatic rings. The second-order valence-corrected chi connectivity index (χ2v) is 11.6. The van der Waals surface area contributed by atoms with Crippen molar-refractivity contribution in [2.45, 2.75) is 58.2 Å². The van der Waals surface area contributed by atoms with E-state index in [1.807, 2.05) is 52.0 Å². The van der Waals surface area contributed by atoms with Crippen LogP contribution in [0.3, 0.4) is 0 Å². The predicted molar refractivity (Wildman–Crippen MR) is 158 cm³/mol. The molecule has 0 radical (unpaired) electrons. The molecule has 14 heteroatoms. The molecule has 1 aliphatic heterocycles. The molecule has 0 saturated carbocycles. The number of rotatable bonds is 8. The molecule has 0 bridgehead atoms. The number of hydrogen-bond donors (Lipinski definition) is 1. The van der Waals surface area contributed by atoms with Crippen LogP contribution in [0.25, 0.3) is 11.2 Å². The summed E-state index contributed by atoms with van der Waals surface area (Å²) < 4.78 is 18.3. The highest BCUT2D eigenvalue weighted by Gasteiger charge is 2.34. The van der Waals surface area contributed by atoms with Crippen molar-refractivity contribution in [2.24, 2.45) is 0 Å². The van der Waals surface area contributed by atoms with Crippen molar-refractivity contribution in [1.82, 2.24) is 30.0 Å². The van der Waals surface area contributed by atoms with E-state index in [4.69, 9.17) is 19.2 Å². The largest absolute Gasteiger partial charge is 0.497 e. The number of fused-ring (bicyclic) bond motifs is 1. The number of nitro groups is 1. The van der Waals surface area contributed by atoms with E-state index in [2.05, 4.69) is 25.3 Å². The average molecular weight is 591 g/mol. The van der Waals surface area contributed by atoms with Gasteiger partial charge >= 0.3 is 11.8 Å². The van der Waals surface area contributed by atoms with Crippen molar-refractivity contribution in [2.75, 3.05) is 25.1 Å². The fraction of sp³-hybridized carbons (Fsp3) is 0.414. The number of nitrogens with zero attached hydrogens (tertiary/aromatic N) is 7. The van der Waals surface area contributed by atoms with Crippen LogP contribution in [-0.4, -0.2) is 67.1 Å². The molecule has 0 unspecified atom stereocenters. The monoisotopic (exact) mass is 590 g/mol. The second-order valence-electron chi connectivity index (χ2n) is 11.6. The zero-order valence-electron chi connectivity index (χ0n) is 24.7. The van der Waals surface area contributed by atoms with Gasteiger partial charge in [-0.2, -0.15) is 0 Å². The molecule has 0 spiro atoms. The molecule has 43 heavy (non-hydrogen) atoms. The third-order valence-electron chi connectivity index (χ3n) is 7.05. The fourth-order valence-corrected chi connectivity index (χ4v) is 4.75. The number of carbonyl (C=O) groups is 1. The summed E-state index contributed by atoms with van der Waals surface area (Å²) >= 11 is 0. The summed E-state index contributed by atoms with van der Waals surface area (Å²) in [5, 5.41) is 19.2. The average Bonchev–Trinajstić information content (AvgIpc) is 3.28. The van der Waals surface area contributed by atoms with E-state index in [0.717, 1.165) is 11.3 Å². The lowest BCUT2D eigenvalue weighted by Crippen LogP contribution is -2.54. The lowest BCUT2D eigenvalue weighted by atomic mass is 9.90. The highest BCUT2D eigenvalue weighted by atomic mass is 16.6. The Morgan fingerprint density at radius 2 is 1.86 bits per heavy atom. The van der Waals surface area contributed by atoms with Crippen molar-refractivity contribution in [3.63, 3.8) is 0 Å². The van der Waals surface area contributed by atoms with E-state index < -0.39 is 22.2 Å². The zero-order chi connectivity index (χ0) is 30.8. The molecule has 1 aromatic carbocycles. The number of amides is 1. The Bertz CT molecular complexity index is 1620. The quantitative estimate of drug-likeness (QED) is 0.220. The van der Waals surface area contributed by atoms with Crippen molar-refractivity contribution in [3.05, 3.63) is 64.6 Å². The van der Waals surface area contributed by atoms with Crippen molar-refractivity contribution < 1.29 is 23.9 Å². The number of anilines is 1. The summed E-state index contributed by atoms with van der Waals surface area (Å²) in [5.41, 5.74) is 0.489. The van der Waals surface area contributed by atoms with Gasteiger partial charge in [-0.1, -0.05) is 12.1 Å². The van der Waals surface area contributed by atoms with Crippen LogP contribution in [0.5, 0.6) is 17.4 Å². The lowest BCUT2D eigenvalue weighted by molar-refractivity contribution is -0.385. The maximum atomic E-state index is 12.4. The predicted octanol–water partition coefficient (Wildman–Crippen LogP) is 4.86. The number of hydrogen-bond acceptors (Lipinski definition) is 11. The number of aromatic nitrogens is 5. The Labute approximate surface area is 248 Å². The molecule has 4 aromatic rings. The summed E-state index contributed by atoms with van der Waals surface area (Å²) in [6.45, 7) is 9.11. The summed E-state index contributed by atoms with van der Waals surface area (Å²) in [4.78, 5) is 39.0. The van der Waals surface area contributed by atoms with Crippen molar-refractivity contribution >= 4 is 28.8 Å². The minimum atomic E-state index is -0.578. The maximum absolute atomic E-state index is 12.4. The van der Waals surface area contributed by atoms with Crippen LogP contribution in [0, 0.1) is 10.1 Å². The smallest absolute Gasteiger partial charge is 0.408 e. The second kappa shape index (κ2) is 11.7. The number of carbonyl (C=O) groups excluding carboxylic acids is 1. The first kappa shape index (κ1) is 29.5. The number of methoxy groups -OCH3 is 1. The minimum Gasteiger partial charge on any atom is -0.497 e. The van der Waals surface area contributed by atoms with Gasteiger partial charge in [0.2, 0.25) is 5.75 Å². The number of benzene rings is 1. The topological polar surface area (TPSA) is 160 Å².